The highest BCUT2D eigenvalue weighted by Gasteiger charge is 1.99. The molecule has 0 amide bonds. The maximum Gasteiger partial charge on any atom is 0.119 e. The van der Waals surface area contributed by atoms with Crippen LogP contribution < -0.4 is 4.74 Å². The van der Waals surface area contributed by atoms with Gasteiger partial charge >= 0.3 is 0 Å². The summed E-state index contributed by atoms with van der Waals surface area (Å²) in [5, 5.41) is 0. The summed E-state index contributed by atoms with van der Waals surface area (Å²) >= 11 is 0. The van der Waals surface area contributed by atoms with E-state index in [1.54, 1.807) is 0 Å². The maximum atomic E-state index is 5.77. The van der Waals surface area contributed by atoms with Crippen LogP contribution in [0.3, 0.4) is 0 Å². The van der Waals surface area contributed by atoms with E-state index in [1.807, 2.05) is 0 Å². The molecule has 1 aromatic rings. The molecule has 0 saturated heterocycles. The van der Waals surface area contributed by atoms with E-state index >= 15 is 0 Å². The molecular formula is C32H58O8. The zero-order chi connectivity index (χ0) is 28.6. The van der Waals surface area contributed by atoms with Gasteiger partial charge in [0.1, 0.15) is 12.4 Å². The summed E-state index contributed by atoms with van der Waals surface area (Å²) < 4.78 is 44.0. The molecule has 0 heterocycles. The van der Waals surface area contributed by atoms with Crippen molar-refractivity contribution in [2.45, 2.75) is 71.6 Å². The van der Waals surface area contributed by atoms with Crippen LogP contribution in [0.5, 0.6) is 5.75 Å². The molecular weight excluding hydrogens is 512 g/mol. The first-order valence-corrected chi connectivity index (χ1v) is 15.6. The average molecular weight is 571 g/mol. The van der Waals surface area contributed by atoms with Gasteiger partial charge in [0.2, 0.25) is 0 Å². The molecule has 8 heteroatoms. The number of ether oxygens (including phenoxy) is 8. The molecule has 1 aromatic carbocycles. The van der Waals surface area contributed by atoms with E-state index in [4.69, 9.17) is 37.9 Å². The highest BCUT2D eigenvalue weighted by atomic mass is 16.6. The molecule has 0 unspecified atom stereocenters. The number of rotatable bonds is 32. The van der Waals surface area contributed by atoms with Crippen molar-refractivity contribution < 1.29 is 37.9 Å². The van der Waals surface area contributed by atoms with Crippen molar-refractivity contribution in [3.8, 4) is 5.75 Å². The van der Waals surface area contributed by atoms with Crippen LogP contribution in [0.1, 0.15) is 70.8 Å². The van der Waals surface area contributed by atoms with Gasteiger partial charge in [0.25, 0.3) is 0 Å². The Morgan fingerprint density at radius 2 is 0.750 bits per heavy atom. The van der Waals surface area contributed by atoms with Crippen LogP contribution in [0.15, 0.2) is 24.3 Å². The predicted molar refractivity (Wildman–Crippen MR) is 160 cm³/mol. The zero-order valence-corrected chi connectivity index (χ0v) is 25.5. The molecule has 0 aliphatic rings. The lowest BCUT2D eigenvalue weighted by Crippen LogP contribution is -2.15. The van der Waals surface area contributed by atoms with E-state index in [0.717, 1.165) is 25.2 Å². The van der Waals surface area contributed by atoms with Crippen molar-refractivity contribution in [3.05, 3.63) is 29.8 Å². The summed E-state index contributed by atoms with van der Waals surface area (Å²) in [6.07, 6.45) is 11.6. The smallest absolute Gasteiger partial charge is 0.119 e. The fourth-order valence-electron chi connectivity index (χ4n) is 3.82. The third-order valence-electron chi connectivity index (χ3n) is 6.07. The van der Waals surface area contributed by atoms with Crippen LogP contribution in [-0.4, -0.2) is 99.1 Å². The van der Waals surface area contributed by atoms with Gasteiger partial charge in [-0.1, -0.05) is 64.5 Å². The van der Waals surface area contributed by atoms with Gasteiger partial charge in [0.15, 0.2) is 0 Å². The van der Waals surface area contributed by atoms with Gasteiger partial charge in [-0.3, -0.25) is 0 Å². The highest BCUT2D eigenvalue weighted by Crippen LogP contribution is 2.15. The SMILES string of the molecule is CCCCCCCCCc1ccc(OCCOCCOCCOCCOCCOCCOCCOCCC)cc1. The first-order chi connectivity index (χ1) is 19.9. The maximum absolute atomic E-state index is 5.77. The third-order valence-corrected chi connectivity index (χ3v) is 6.07. The Morgan fingerprint density at radius 1 is 0.375 bits per heavy atom. The zero-order valence-electron chi connectivity index (χ0n) is 25.5. The molecule has 0 saturated carbocycles. The average Bonchev–Trinajstić information content (AvgIpc) is 2.98. The summed E-state index contributed by atoms with van der Waals surface area (Å²) in [6, 6.07) is 8.47. The molecule has 0 bridgehead atoms. The van der Waals surface area contributed by atoms with Crippen LogP contribution in [0.4, 0.5) is 0 Å². The molecule has 40 heavy (non-hydrogen) atoms. The van der Waals surface area contributed by atoms with Crippen molar-refractivity contribution >= 4 is 0 Å². The molecule has 0 spiro atoms. The molecule has 0 aliphatic heterocycles. The third kappa shape index (κ3) is 25.7. The van der Waals surface area contributed by atoms with Crippen LogP contribution in [0.25, 0.3) is 0 Å². The molecule has 0 atom stereocenters. The topological polar surface area (TPSA) is 73.8 Å². The van der Waals surface area contributed by atoms with E-state index in [2.05, 4.69) is 38.1 Å². The van der Waals surface area contributed by atoms with Crippen LogP contribution in [0, 0.1) is 0 Å². The van der Waals surface area contributed by atoms with Gasteiger partial charge < -0.3 is 37.9 Å². The molecule has 8 nitrogen and oxygen atoms in total. The number of unbranched alkanes of at least 4 members (excludes halogenated alkanes) is 6. The minimum atomic E-state index is 0.535. The van der Waals surface area contributed by atoms with Gasteiger partial charge in [0.05, 0.1) is 85.9 Å². The first-order valence-electron chi connectivity index (χ1n) is 15.6. The van der Waals surface area contributed by atoms with Crippen molar-refractivity contribution in [1.82, 2.24) is 0 Å². The van der Waals surface area contributed by atoms with Crippen molar-refractivity contribution in [1.29, 1.82) is 0 Å². The monoisotopic (exact) mass is 570 g/mol. The minimum Gasteiger partial charge on any atom is -0.491 e. The fraction of sp³-hybridized carbons (Fsp3) is 0.812. The largest absolute Gasteiger partial charge is 0.491 e. The molecule has 0 N–H and O–H groups in total. The van der Waals surface area contributed by atoms with Gasteiger partial charge in [-0.25, -0.2) is 0 Å². The fourth-order valence-corrected chi connectivity index (χ4v) is 3.82. The van der Waals surface area contributed by atoms with Crippen molar-refractivity contribution in [2.24, 2.45) is 0 Å². The van der Waals surface area contributed by atoms with E-state index in [0.29, 0.717) is 92.5 Å². The van der Waals surface area contributed by atoms with E-state index in [1.165, 1.54) is 50.5 Å². The second kappa shape index (κ2) is 30.7. The van der Waals surface area contributed by atoms with E-state index in [-0.39, 0.29) is 0 Å². The second-order valence-electron chi connectivity index (χ2n) is 9.65. The normalized spacial score (nSPS) is 11.3. The van der Waals surface area contributed by atoms with Crippen LogP contribution >= 0.6 is 0 Å². The lowest BCUT2D eigenvalue weighted by atomic mass is 10.0. The summed E-state index contributed by atoms with van der Waals surface area (Å²) in [5.74, 6) is 0.894. The lowest BCUT2D eigenvalue weighted by Gasteiger charge is -2.09. The Labute approximate surface area is 244 Å². The van der Waals surface area contributed by atoms with E-state index in [9.17, 15) is 0 Å². The van der Waals surface area contributed by atoms with E-state index < -0.39 is 0 Å². The summed E-state index contributed by atoms with van der Waals surface area (Å²) in [6.45, 7) is 12.9. The first kappa shape index (κ1) is 36.8. The summed E-state index contributed by atoms with van der Waals surface area (Å²) in [4.78, 5) is 0. The Bertz CT molecular complexity index is 613. The number of hydrogen-bond donors (Lipinski definition) is 0. The van der Waals surface area contributed by atoms with Gasteiger partial charge in [-0.15, -0.1) is 0 Å². The molecule has 0 aliphatic carbocycles. The van der Waals surface area contributed by atoms with Crippen molar-refractivity contribution in [3.63, 3.8) is 0 Å². The Balaban J connectivity index is 1.76. The molecule has 234 valence electrons. The standard InChI is InChI=1S/C32H58O8/c1-3-5-6-7-8-9-10-11-31-12-14-32(15-13-31)40-30-29-39-28-27-38-26-25-37-24-23-36-22-21-35-20-19-34-18-17-33-16-4-2/h12-15H,3-11,16-30H2,1-2H3. The molecule has 1 rings (SSSR count). The quantitative estimate of drug-likeness (QED) is 0.0994. The van der Waals surface area contributed by atoms with Crippen molar-refractivity contribution in [2.75, 3.05) is 99.1 Å². The highest BCUT2D eigenvalue weighted by molar-refractivity contribution is 5.27. The van der Waals surface area contributed by atoms with Crippen LogP contribution in [0.2, 0.25) is 0 Å². The molecule has 0 aromatic heterocycles. The minimum absolute atomic E-state index is 0.535. The van der Waals surface area contributed by atoms with Gasteiger partial charge in [0, 0.05) is 6.61 Å². The Morgan fingerprint density at radius 3 is 1.18 bits per heavy atom. The Hall–Kier alpha value is -1.26. The number of hydrogen-bond acceptors (Lipinski definition) is 8. The number of benzene rings is 1. The Kier molecular flexibility index (Phi) is 28.2. The van der Waals surface area contributed by atoms with Gasteiger partial charge in [-0.05, 0) is 37.0 Å². The molecule has 0 radical (unpaired) electrons. The lowest BCUT2D eigenvalue weighted by molar-refractivity contribution is -0.0211. The number of aryl methyl sites for hydroxylation is 1. The second-order valence-corrected chi connectivity index (χ2v) is 9.65. The summed E-state index contributed by atoms with van der Waals surface area (Å²) in [5.41, 5.74) is 1.39. The van der Waals surface area contributed by atoms with Crippen LogP contribution in [-0.2, 0) is 39.6 Å². The summed E-state index contributed by atoms with van der Waals surface area (Å²) in [7, 11) is 0. The predicted octanol–water partition coefficient (Wildman–Crippen LogP) is 5.88. The van der Waals surface area contributed by atoms with Gasteiger partial charge in [-0.2, -0.15) is 0 Å². The molecule has 0 fully saturated rings.